The molecule has 0 saturated heterocycles. The summed E-state index contributed by atoms with van der Waals surface area (Å²) in [6.45, 7) is 2.07. The molecule has 0 aliphatic carbocycles. The van der Waals surface area contributed by atoms with Crippen molar-refractivity contribution in [2.24, 2.45) is 0 Å². The van der Waals surface area contributed by atoms with Crippen LogP contribution in [0, 0.1) is 0 Å². The summed E-state index contributed by atoms with van der Waals surface area (Å²) in [6.07, 6.45) is 2.59. The van der Waals surface area contributed by atoms with Gasteiger partial charge in [-0.1, -0.05) is 24.2 Å². The van der Waals surface area contributed by atoms with Crippen LogP contribution >= 0.6 is 0 Å². The average molecular weight is 266 g/mol. The lowest BCUT2D eigenvalue weighted by Gasteiger charge is -2.00. The van der Waals surface area contributed by atoms with Gasteiger partial charge in [0, 0.05) is 17.4 Å². The molecule has 2 N–H and O–H groups in total. The standard InChI is InChI=1S/C15H14N4O/c1-2-10-6-4-8-17-13(10)14-18-15(20-19-14)11-5-3-7-12(16)9-11/h3-9H,2,16H2,1H3. The van der Waals surface area contributed by atoms with E-state index in [1.165, 1.54) is 0 Å². The van der Waals surface area contributed by atoms with Crippen molar-refractivity contribution in [2.75, 3.05) is 5.73 Å². The smallest absolute Gasteiger partial charge is 0.258 e. The number of pyridine rings is 1. The Balaban J connectivity index is 2.02. The fraction of sp³-hybridized carbons (Fsp3) is 0.133. The minimum Gasteiger partial charge on any atom is -0.399 e. The molecular formula is C15H14N4O. The highest BCUT2D eigenvalue weighted by Gasteiger charge is 2.14. The fourth-order valence-electron chi connectivity index (χ4n) is 2.03. The van der Waals surface area contributed by atoms with Crippen LogP contribution in [-0.4, -0.2) is 15.1 Å². The van der Waals surface area contributed by atoms with E-state index in [4.69, 9.17) is 10.3 Å². The average Bonchev–Trinajstić information content (AvgIpc) is 2.97. The van der Waals surface area contributed by atoms with E-state index in [0.29, 0.717) is 17.4 Å². The third-order valence-corrected chi connectivity index (χ3v) is 3.04. The Bertz CT molecular complexity index is 736. The van der Waals surface area contributed by atoms with Gasteiger partial charge in [-0.2, -0.15) is 4.98 Å². The zero-order valence-electron chi connectivity index (χ0n) is 11.1. The largest absolute Gasteiger partial charge is 0.399 e. The lowest BCUT2D eigenvalue weighted by molar-refractivity contribution is 0.432. The van der Waals surface area contributed by atoms with Crippen LogP contribution in [-0.2, 0) is 6.42 Å². The van der Waals surface area contributed by atoms with Gasteiger partial charge >= 0.3 is 0 Å². The number of nitrogen functional groups attached to an aromatic ring is 1. The van der Waals surface area contributed by atoms with E-state index >= 15 is 0 Å². The van der Waals surface area contributed by atoms with Crippen molar-refractivity contribution in [3.05, 3.63) is 48.2 Å². The predicted molar refractivity (Wildman–Crippen MR) is 76.8 cm³/mol. The highest BCUT2D eigenvalue weighted by atomic mass is 16.5. The topological polar surface area (TPSA) is 77.8 Å². The molecule has 0 radical (unpaired) electrons. The van der Waals surface area contributed by atoms with E-state index in [9.17, 15) is 0 Å². The summed E-state index contributed by atoms with van der Waals surface area (Å²) in [5.41, 5.74) is 9.07. The summed E-state index contributed by atoms with van der Waals surface area (Å²) < 4.78 is 5.30. The predicted octanol–water partition coefficient (Wildman–Crippen LogP) is 2.94. The first kappa shape index (κ1) is 12.3. The van der Waals surface area contributed by atoms with Gasteiger partial charge in [0.1, 0.15) is 5.69 Å². The van der Waals surface area contributed by atoms with Crippen LogP contribution in [0.1, 0.15) is 12.5 Å². The van der Waals surface area contributed by atoms with Crippen LogP contribution in [0.15, 0.2) is 47.1 Å². The summed E-state index contributed by atoms with van der Waals surface area (Å²) >= 11 is 0. The molecule has 0 unspecified atom stereocenters. The normalized spacial score (nSPS) is 10.7. The fourth-order valence-corrected chi connectivity index (χ4v) is 2.03. The van der Waals surface area contributed by atoms with E-state index in [1.54, 1.807) is 12.3 Å². The van der Waals surface area contributed by atoms with E-state index in [2.05, 4.69) is 22.0 Å². The summed E-state index contributed by atoms with van der Waals surface area (Å²) in [6, 6.07) is 11.3. The molecule has 0 saturated carbocycles. The molecule has 1 aromatic carbocycles. The lowest BCUT2D eigenvalue weighted by atomic mass is 10.1. The van der Waals surface area contributed by atoms with Gasteiger partial charge in [-0.3, -0.25) is 4.98 Å². The Hall–Kier alpha value is -2.69. The quantitative estimate of drug-likeness (QED) is 0.737. The first-order valence-corrected chi connectivity index (χ1v) is 6.42. The molecule has 0 fully saturated rings. The van der Waals surface area contributed by atoms with Crippen LogP contribution < -0.4 is 5.73 Å². The summed E-state index contributed by atoms with van der Waals surface area (Å²) in [5, 5.41) is 4.01. The number of rotatable bonds is 3. The third kappa shape index (κ3) is 2.25. The Morgan fingerprint density at radius 1 is 1.20 bits per heavy atom. The number of nitrogens with zero attached hydrogens (tertiary/aromatic N) is 3. The van der Waals surface area contributed by atoms with Crippen LogP contribution in [0.4, 0.5) is 5.69 Å². The summed E-state index contributed by atoms with van der Waals surface area (Å²) in [5.74, 6) is 0.944. The van der Waals surface area contributed by atoms with Gasteiger partial charge < -0.3 is 10.3 Å². The van der Waals surface area contributed by atoms with Gasteiger partial charge in [0.2, 0.25) is 5.82 Å². The van der Waals surface area contributed by atoms with Crippen molar-refractivity contribution in [3.63, 3.8) is 0 Å². The molecule has 0 amide bonds. The highest BCUT2D eigenvalue weighted by molar-refractivity contribution is 5.62. The second-order valence-corrected chi connectivity index (χ2v) is 4.41. The van der Waals surface area contributed by atoms with Crippen molar-refractivity contribution >= 4 is 5.69 Å². The van der Waals surface area contributed by atoms with Gasteiger partial charge in [0.25, 0.3) is 5.89 Å². The SMILES string of the molecule is CCc1cccnc1-c1noc(-c2cccc(N)c2)n1. The molecule has 5 nitrogen and oxygen atoms in total. The molecule has 0 aliphatic rings. The van der Waals surface area contributed by atoms with Crippen LogP contribution in [0.3, 0.4) is 0 Å². The van der Waals surface area contributed by atoms with Crippen LogP contribution in [0.5, 0.6) is 0 Å². The van der Waals surface area contributed by atoms with Gasteiger partial charge in [-0.05, 0) is 36.2 Å². The Morgan fingerprint density at radius 2 is 2.10 bits per heavy atom. The second kappa shape index (κ2) is 5.13. The molecule has 0 atom stereocenters. The second-order valence-electron chi connectivity index (χ2n) is 4.41. The lowest BCUT2D eigenvalue weighted by Crippen LogP contribution is -1.92. The number of hydrogen-bond acceptors (Lipinski definition) is 5. The Morgan fingerprint density at radius 3 is 2.90 bits per heavy atom. The molecule has 2 heterocycles. The van der Waals surface area contributed by atoms with Gasteiger partial charge in [0.05, 0.1) is 0 Å². The minimum atomic E-state index is 0.444. The first-order chi connectivity index (χ1) is 9.78. The molecule has 0 spiro atoms. The number of nitrogens with two attached hydrogens (primary N) is 1. The van der Waals surface area contributed by atoms with Crippen molar-refractivity contribution in [1.82, 2.24) is 15.1 Å². The molecular weight excluding hydrogens is 252 g/mol. The number of hydrogen-bond donors (Lipinski definition) is 1. The number of aromatic nitrogens is 3. The van der Waals surface area contributed by atoms with Crippen molar-refractivity contribution < 1.29 is 4.52 Å². The molecule has 100 valence electrons. The van der Waals surface area contributed by atoms with E-state index in [-0.39, 0.29) is 0 Å². The number of anilines is 1. The van der Waals surface area contributed by atoms with Gasteiger partial charge in [-0.25, -0.2) is 0 Å². The zero-order valence-corrected chi connectivity index (χ0v) is 11.1. The molecule has 3 aromatic rings. The third-order valence-electron chi connectivity index (χ3n) is 3.04. The Labute approximate surface area is 116 Å². The Kier molecular flexibility index (Phi) is 3.16. The van der Waals surface area contributed by atoms with E-state index in [1.807, 2.05) is 30.3 Å². The zero-order chi connectivity index (χ0) is 13.9. The molecule has 20 heavy (non-hydrogen) atoms. The molecule has 0 aliphatic heterocycles. The van der Waals surface area contributed by atoms with Gasteiger partial charge in [0.15, 0.2) is 0 Å². The highest BCUT2D eigenvalue weighted by Crippen LogP contribution is 2.24. The minimum absolute atomic E-state index is 0.444. The monoisotopic (exact) mass is 266 g/mol. The molecule has 0 bridgehead atoms. The van der Waals surface area contributed by atoms with Crippen LogP contribution in [0.25, 0.3) is 23.0 Å². The maximum Gasteiger partial charge on any atom is 0.258 e. The van der Waals surface area contributed by atoms with Crippen molar-refractivity contribution in [2.45, 2.75) is 13.3 Å². The van der Waals surface area contributed by atoms with E-state index < -0.39 is 0 Å². The maximum absolute atomic E-state index is 5.76. The van der Waals surface area contributed by atoms with Crippen molar-refractivity contribution in [1.29, 1.82) is 0 Å². The number of benzene rings is 1. The van der Waals surface area contributed by atoms with Crippen molar-refractivity contribution in [3.8, 4) is 23.0 Å². The van der Waals surface area contributed by atoms with E-state index in [0.717, 1.165) is 23.2 Å². The summed E-state index contributed by atoms with van der Waals surface area (Å²) in [7, 11) is 0. The maximum atomic E-state index is 5.76. The molecule has 2 aromatic heterocycles. The van der Waals surface area contributed by atoms with Gasteiger partial charge in [-0.15, -0.1) is 0 Å². The molecule has 5 heteroatoms. The first-order valence-electron chi connectivity index (χ1n) is 6.42. The van der Waals surface area contributed by atoms with Crippen LogP contribution in [0.2, 0.25) is 0 Å². The summed E-state index contributed by atoms with van der Waals surface area (Å²) in [4.78, 5) is 8.74. The molecule has 3 rings (SSSR count). The number of aryl methyl sites for hydroxylation is 1.